The molecule has 3 aromatic heterocycles. The van der Waals surface area contributed by atoms with Crippen molar-refractivity contribution in [3.63, 3.8) is 0 Å². The van der Waals surface area contributed by atoms with E-state index in [1.54, 1.807) is 19.5 Å². The van der Waals surface area contributed by atoms with E-state index < -0.39 is 18.0 Å². The molecule has 1 saturated carbocycles. The standard InChI is InChI=1S/C21H27F2N5O3/c1-11-17(12(2)31-27-11)14-8-15-16(10-28(21(24,25)29)19(15)26-9-14)18(30-3)13-4-6-20(22,23)7-5-13/h8-10,13,18,29H,4-7,24-25H2,1-3H3. The van der Waals surface area contributed by atoms with Gasteiger partial charge in [-0.3, -0.25) is 16.0 Å². The largest absolute Gasteiger partial charge is 0.376 e. The van der Waals surface area contributed by atoms with Crippen LogP contribution in [0.1, 0.15) is 48.8 Å². The van der Waals surface area contributed by atoms with Gasteiger partial charge in [-0.15, -0.1) is 0 Å². The third-order valence-electron chi connectivity index (χ3n) is 6.13. The lowest BCUT2D eigenvalue weighted by Gasteiger charge is -2.33. The summed E-state index contributed by atoms with van der Waals surface area (Å²) >= 11 is 0. The van der Waals surface area contributed by atoms with Crippen LogP contribution in [0.3, 0.4) is 0 Å². The molecule has 0 spiro atoms. The van der Waals surface area contributed by atoms with Gasteiger partial charge in [0.25, 0.3) is 5.97 Å². The highest BCUT2D eigenvalue weighted by atomic mass is 19.3. The van der Waals surface area contributed by atoms with Gasteiger partial charge in [0.2, 0.25) is 5.92 Å². The van der Waals surface area contributed by atoms with Gasteiger partial charge in [0, 0.05) is 54.4 Å². The molecule has 0 saturated heterocycles. The maximum Gasteiger partial charge on any atom is 0.257 e. The summed E-state index contributed by atoms with van der Waals surface area (Å²) in [6, 6.07) is 1.88. The molecule has 3 aromatic rings. The highest BCUT2D eigenvalue weighted by Crippen LogP contribution is 2.44. The van der Waals surface area contributed by atoms with Gasteiger partial charge in [0.15, 0.2) is 0 Å². The van der Waals surface area contributed by atoms with Crippen molar-refractivity contribution in [3.8, 4) is 11.1 Å². The lowest BCUT2D eigenvalue weighted by atomic mass is 9.81. The SMILES string of the molecule is COC(c1cn(C(N)(N)O)c2ncc(-c3c(C)noc3C)cc12)C1CCC(F)(F)CC1. The Hall–Kier alpha value is -2.40. The fourth-order valence-electron chi connectivity index (χ4n) is 4.60. The molecule has 1 unspecified atom stereocenters. The Morgan fingerprint density at radius 1 is 1.32 bits per heavy atom. The number of aromatic nitrogens is 3. The maximum atomic E-state index is 13.7. The first-order chi connectivity index (χ1) is 14.5. The van der Waals surface area contributed by atoms with Gasteiger partial charge in [0.1, 0.15) is 11.4 Å². The van der Waals surface area contributed by atoms with Gasteiger partial charge in [-0.2, -0.15) is 0 Å². The first kappa shape index (κ1) is 21.8. The molecule has 0 bridgehead atoms. The number of pyridine rings is 1. The van der Waals surface area contributed by atoms with Crippen molar-refractivity contribution < 1.29 is 23.1 Å². The Morgan fingerprint density at radius 2 is 2.00 bits per heavy atom. The molecule has 8 nitrogen and oxygen atoms in total. The zero-order chi connectivity index (χ0) is 22.6. The average molecular weight is 435 g/mol. The molecule has 31 heavy (non-hydrogen) atoms. The lowest BCUT2D eigenvalue weighted by molar-refractivity contribution is -0.0689. The number of rotatable bonds is 5. The van der Waals surface area contributed by atoms with Crippen LogP contribution < -0.4 is 11.5 Å². The molecular formula is C21H27F2N5O3. The molecule has 4 rings (SSSR count). The Kier molecular flexibility index (Phi) is 5.37. The van der Waals surface area contributed by atoms with Crippen LogP contribution in [0.15, 0.2) is 23.0 Å². The topological polar surface area (TPSA) is 125 Å². The summed E-state index contributed by atoms with van der Waals surface area (Å²) in [5.41, 5.74) is 14.9. The summed E-state index contributed by atoms with van der Waals surface area (Å²) in [6.07, 6.45) is 3.02. The van der Waals surface area contributed by atoms with Crippen LogP contribution >= 0.6 is 0 Å². The van der Waals surface area contributed by atoms with Crippen molar-refractivity contribution in [1.82, 2.24) is 14.7 Å². The van der Waals surface area contributed by atoms with E-state index in [4.69, 9.17) is 20.7 Å². The van der Waals surface area contributed by atoms with Crippen LogP contribution in [0.4, 0.5) is 8.78 Å². The predicted molar refractivity (Wildman–Crippen MR) is 110 cm³/mol. The van der Waals surface area contributed by atoms with E-state index in [2.05, 4.69) is 10.1 Å². The summed E-state index contributed by atoms with van der Waals surface area (Å²) in [6.45, 7) is 3.64. The molecule has 0 aliphatic heterocycles. The van der Waals surface area contributed by atoms with Gasteiger partial charge in [-0.05, 0) is 38.7 Å². The van der Waals surface area contributed by atoms with Gasteiger partial charge >= 0.3 is 0 Å². The van der Waals surface area contributed by atoms with Gasteiger partial charge in [-0.25, -0.2) is 13.8 Å². The molecule has 0 aromatic carbocycles. The third kappa shape index (κ3) is 3.96. The average Bonchev–Trinajstić information content (AvgIpc) is 3.23. The van der Waals surface area contributed by atoms with E-state index in [9.17, 15) is 13.9 Å². The monoisotopic (exact) mass is 435 g/mol. The highest BCUT2D eigenvalue weighted by molar-refractivity contribution is 5.86. The van der Waals surface area contributed by atoms with E-state index in [-0.39, 0.29) is 18.8 Å². The second-order valence-electron chi connectivity index (χ2n) is 8.38. The number of hydrogen-bond acceptors (Lipinski definition) is 7. The summed E-state index contributed by atoms with van der Waals surface area (Å²) in [5, 5.41) is 14.9. The number of aliphatic hydroxyl groups is 1. The van der Waals surface area contributed by atoms with E-state index in [0.29, 0.717) is 40.9 Å². The molecule has 168 valence electrons. The quantitative estimate of drug-likeness (QED) is 0.525. The third-order valence-corrected chi connectivity index (χ3v) is 6.13. The molecule has 1 aliphatic carbocycles. The van der Waals surface area contributed by atoms with Crippen molar-refractivity contribution in [1.29, 1.82) is 0 Å². The molecular weight excluding hydrogens is 408 g/mol. The fraction of sp³-hybridized carbons (Fsp3) is 0.524. The van der Waals surface area contributed by atoms with E-state index >= 15 is 0 Å². The smallest absolute Gasteiger partial charge is 0.257 e. The van der Waals surface area contributed by atoms with Crippen molar-refractivity contribution >= 4 is 11.0 Å². The molecule has 0 radical (unpaired) electrons. The first-order valence-corrected chi connectivity index (χ1v) is 10.2. The molecule has 1 atom stereocenters. The fourth-order valence-corrected chi connectivity index (χ4v) is 4.60. The zero-order valence-electron chi connectivity index (χ0n) is 17.7. The number of nitrogens with two attached hydrogens (primary N) is 2. The number of ether oxygens (including phenoxy) is 1. The van der Waals surface area contributed by atoms with Crippen LogP contribution in [0.5, 0.6) is 0 Å². The first-order valence-electron chi connectivity index (χ1n) is 10.2. The van der Waals surface area contributed by atoms with Crippen molar-refractivity contribution in [3.05, 3.63) is 35.5 Å². The minimum Gasteiger partial charge on any atom is -0.376 e. The maximum absolute atomic E-state index is 13.7. The molecule has 1 aliphatic rings. The minimum atomic E-state index is -2.64. The summed E-state index contributed by atoms with van der Waals surface area (Å²) in [4.78, 5) is 4.49. The van der Waals surface area contributed by atoms with Crippen LogP contribution in [0.2, 0.25) is 0 Å². The Labute approximate surface area is 178 Å². The number of methoxy groups -OCH3 is 1. The van der Waals surface area contributed by atoms with Crippen LogP contribution in [0.25, 0.3) is 22.2 Å². The van der Waals surface area contributed by atoms with Crippen LogP contribution in [-0.2, 0) is 10.7 Å². The van der Waals surface area contributed by atoms with Crippen molar-refractivity contribution in [2.45, 2.75) is 57.5 Å². The number of fused-ring (bicyclic) bond motifs is 1. The summed E-state index contributed by atoms with van der Waals surface area (Å²) in [7, 11) is 1.54. The zero-order valence-corrected chi connectivity index (χ0v) is 17.7. The summed E-state index contributed by atoms with van der Waals surface area (Å²) < 4.78 is 39.7. The van der Waals surface area contributed by atoms with Crippen LogP contribution in [-0.4, -0.2) is 32.8 Å². The second kappa shape index (κ2) is 7.63. The number of halogens is 2. The molecule has 10 heteroatoms. The number of nitrogens with zero attached hydrogens (tertiary/aromatic N) is 3. The van der Waals surface area contributed by atoms with Crippen molar-refractivity contribution in [2.24, 2.45) is 17.4 Å². The molecule has 3 heterocycles. The highest BCUT2D eigenvalue weighted by Gasteiger charge is 2.39. The normalized spacial score (nSPS) is 18.6. The number of alkyl halides is 2. The Bertz CT molecular complexity index is 1070. The molecule has 0 amide bonds. The Morgan fingerprint density at radius 3 is 2.55 bits per heavy atom. The minimum absolute atomic E-state index is 0.116. The van der Waals surface area contributed by atoms with Crippen LogP contribution in [0, 0.1) is 19.8 Å². The lowest BCUT2D eigenvalue weighted by Crippen LogP contribution is -2.51. The van der Waals surface area contributed by atoms with E-state index in [1.807, 2.05) is 19.9 Å². The number of hydrogen-bond donors (Lipinski definition) is 3. The van der Waals surface area contributed by atoms with E-state index in [1.165, 1.54) is 4.57 Å². The molecule has 5 N–H and O–H groups in total. The second-order valence-corrected chi connectivity index (χ2v) is 8.38. The summed E-state index contributed by atoms with van der Waals surface area (Å²) in [5.74, 6) is -4.30. The predicted octanol–water partition coefficient (Wildman–Crippen LogP) is 3.30. The molecule has 1 fully saturated rings. The van der Waals surface area contributed by atoms with Crippen molar-refractivity contribution in [2.75, 3.05) is 7.11 Å². The van der Waals surface area contributed by atoms with Gasteiger partial charge in [-0.1, -0.05) is 5.16 Å². The van der Waals surface area contributed by atoms with Gasteiger partial charge < -0.3 is 14.4 Å². The Balaban J connectivity index is 1.85. The number of aryl methyl sites for hydroxylation is 2. The van der Waals surface area contributed by atoms with E-state index in [0.717, 1.165) is 11.1 Å². The van der Waals surface area contributed by atoms with Gasteiger partial charge in [0.05, 0.1) is 11.8 Å².